The monoisotopic (exact) mass is 533 g/mol. The Labute approximate surface area is 233 Å². The molecule has 39 heavy (non-hydrogen) atoms. The van der Waals surface area contributed by atoms with Crippen LogP contribution in [0, 0.1) is 11.8 Å². The van der Waals surface area contributed by atoms with Gasteiger partial charge in [-0.2, -0.15) is 0 Å². The van der Waals surface area contributed by atoms with E-state index in [1.165, 1.54) is 56.9 Å². The summed E-state index contributed by atoms with van der Waals surface area (Å²) in [6.45, 7) is 5.00. The minimum Gasteiger partial charge on any atom is -0.395 e. The number of nitrogens with two attached hydrogens (primary N) is 1. The summed E-state index contributed by atoms with van der Waals surface area (Å²) in [4.78, 5) is 22.3. The fourth-order valence-corrected chi connectivity index (χ4v) is 6.04. The number of nitrogen functional groups attached to an aromatic ring is 1. The van der Waals surface area contributed by atoms with Gasteiger partial charge in [-0.1, -0.05) is 56.4 Å². The standard InChI is InChI=1S/C32H47N5O2/c1-24(23-38)37(19-16-27-14-15-31(33)35-22-27)18-6-2-3-8-25-12-13-26(20-25)9-7-17-34-32(39)30-21-28-10-4-5-11-29(28)36-30/h4-5,10-11,14-15,21-22,24-26,36,38H,2-3,6-9,12-13,16-20,23H2,1H3,(H2,33,35)(H,34,39)/t24-,25?,26?/m0/s1. The Balaban J connectivity index is 1.05. The molecule has 5 N–H and O–H groups in total. The molecule has 2 heterocycles. The van der Waals surface area contributed by atoms with E-state index in [0.717, 1.165) is 55.2 Å². The van der Waals surface area contributed by atoms with Crippen molar-refractivity contribution < 1.29 is 9.90 Å². The molecule has 1 fully saturated rings. The van der Waals surface area contributed by atoms with Crippen LogP contribution in [0.4, 0.5) is 5.82 Å². The highest BCUT2D eigenvalue weighted by Crippen LogP contribution is 2.36. The van der Waals surface area contributed by atoms with E-state index in [2.05, 4.69) is 27.1 Å². The van der Waals surface area contributed by atoms with Gasteiger partial charge in [0.25, 0.3) is 5.91 Å². The van der Waals surface area contributed by atoms with E-state index in [4.69, 9.17) is 5.73 Å². The van der Waals surface area contributed by atoms with Gasteiger partial charge in [-0.05, 0) is 81.2 Å². The molecule has 1 amide bonds. The Morgan fingerprint density at radius 3 is 2.64 bits per heavy atom. The van der Waals surface area contributed by atoms with Crippen LogP contribution in [-0.4, -0.2) is 58.2 Å². The summed E-state index contributed by atoms with van der Waals surface area (Å²) in [6.07, 6.45) is 14.1. The lowest BCUT2D eigenvalue weighted by atomic mass is 9.96. The van der Waals surface area contributed by atoms with Crippen LogP contribution in [0.15, 0.2) is 48.7 Å². The van der Waals surface area contributed by atoms with Crippen LogP contribution in [-0.2, 0) is 6.42 Å². The maximum Gasteiger partial charge on any atom is 0.267 e. The molecule has 2 aromatic heterocycles. The molecule has 7 heteroatoms. The predicted octanol–water partition coefficient (Wildman–Crippen LogP) is 5.56. The number of amides is 1. The van der Waals surface area contributed by atoms with E-state index in [-0.39, 0.29) is 18.6 Å². The van der Waals surface area contributed by atoms with Gasteiger partial charge < -0.3 is 21.1 Å². The molecule has 3 aromatic rings. The zero-order valence-electron chi connectivity index (χ0n) is 23.6. The number of carbonyl (C=O) groups excluding carboxylic acids is 1. The first kappa shape index (κ1) is 29.1. The molecule has 4 rings (SSSR count). The number of fused-ring (bicyclic) bond motifs is 1. The number of nitrogens with one attached hydrogen (secondary N) is 2. The van der Waals surface area contributed by atoms with Crippen molar-refractivity contribution in [2.24, 2.45) is 11.8 Å². The van der Waals surface area contributed by atoms with Crippen molar-refractivity contribution in [3.05, 3.63) is 59.9 Å². The number of unbranched alkanes of at least 4 members (excludes halogenated alkanes) is 2. The second-order valence-corrected chi connectivity index (χ2v) is 11.5. The van der Waals surface area contributed by atoms with Crippen LogP contribution in [0.2, 0.25) is 0 Å². The molecule has 1 aromatic carbocycles. The molecule has 0 bridgehead atoms. The number of benzene rings is 1. The van der Waals surface area contributed by atoms with Crippen molar-refractivity contribution in [3.8, 4) is 0 Å². The number of hydrogen-bond donors (Lipinski definition) is 4. The number of para-hydroxylation sites is 1. The van der Waals surface area contributed by atoms with Crippen LogP contribution in [0.25, 0.3) is 10.9 Å². The summed E-state index contributed by atoms with van der Waals surface area (Å²) in [5, 5.41) is 13.9. The first-order chi connectivity index (χ1) is 19.0. The summed E-state index contributed by atoms with van der Waals surface area (Å²) < 4.78 is 0. The molecule has 212 valence electrons. The fraction of sp³-hybridized carbons (Fsp3) is 0.562. The van der Waals surface area contributed by atoms with Gasteiger partial charge in [0.1, 0.15) is 11.5 Å². The van der Waals surface area contributed by atoms with E-state index < -0.39 is 0 Å². The van der Waals surface area contributed by atoms with E-state index in [1.807, 2.05) is 48.7 Å². The van der Waals surface area contributed by atoms with Gasteiger partial charge in [-0.3, -0.25) is 9.69 Å². The van der Waals surface area contributed by atoms with Crippen molar-refractivity contribution in [3.63, 3.8) is 0 Å². The average molecular weight is 534 g/mol. The normalized spacial score (nSPS) is 18.1. The lowest BCUT2D eigenvalue weighted by Gasteiger charge is -2.28. The number of pyridine rings is 1. The lowest BCUT2D eigenvalue weighted by Crippen LogP contribution is -2.38. The van der Waals surface area contributed by atoms with Crippen LogP contribution >= 0.6 is 0 Å². The number of anilines is 1. The van der Waals surface area contributed by atoms with Crippen LogP contribution in [0.5, 0.6) is 0 Å². The number of aromatic nitrogens is 2. The Morgan fingerprint density at radius 2 is 1.90 bits per heavy atom. The molecule has 2 unspecified atom stereocenters. The highest BCUT2D eigenvalue weighted by atomic mass is 16.3. The molecule has 7 nitrogen and oxygen atoms in total. The van der Waals surface area contributed by atoms with Gasteiger partial charge in [0.2, 0.25) is 0 Å². The lowest BCUT2D eigenvalue weighted by molar-refractivity contribution is 0.0948. The molecule has 1 saturated carbocycles. The second-order valence-electron chi connectivity index (χ2n) is 11.5. The van der Waals surface area contributed by atoms with Crippen LogP contribution < -0.4 is 11.1 Å². The number of rotatable bonds is 16. The van der Waals surface area contributed by atoms with E-state index in [0.29, 0.717) is 11.5 Å². The molecule has 3 atom stereocenters. The number of aromatic amines is 1. The van der Waals surface area contributed by atoms with Crippen LogP contribution in [0.3, 0.4) is 0 Å². The zero-order chi connectivity index (χ0) is 27.5. The maximum atomic E-state index is 12.5. The Hall–Kier alpha value is -2.90. The largest absolute Gasteiger partial charge is 0.395 e. The Kier molecular flexibility index (Phi) is 11.2. The summed E-state index contributed by atoms with van der Waals surface area (Å²) in [7, 11) is 0. The first-order valence-electron chi connectivity index (χ1n) is 14.9. The summed E-state index contributed by atoms with van der Waals surface area (Å²) in [6, 6.07) is 14.0. The summed E-state index contributed by atoms with van der Waals surface area (Å²) >= 11 is 0. The third kappa shape index (κ3) is 9.07. The molecular weight excluding hydrogens is 486 g/mol. The molecule has 0 spiro atoms. The zero-order valence-corrected chi connectivity index (χ0v) is 23.6. The van der Waals surface area contributed by atoms with E-state index in [1.54, 1.807) is 0 Å². The topological polar surface area (TPSA) is 107 Å². The van der Waals surface area contributed by atoms with Gasteiger partial charge in [0.15, 0.2) is 0 Å². The van der Waals surface area contributed by atoms with E-state index in [9.17, 15) is 9.90 Å². The van der Waals surface area contributed by atoms with Crippen molar-refractivity contribution >= 4 is 22.6 Å². The third-order valence-electron chi connectivity index (χ3n) is 8.48. The Bertz CT molecular complexity index is 1110. The molecule has 0 aliphatic heterocycles. The van der Waals surface area contributed by atoms with Crippen molar-refractivity contribution in [2.45, 2.75) is 77.2 Å². The van der Waals surface area contributed by atoms with Crippen molar-refractivity contribution in [1.29, 1.82) is 0 Å². The minimum atomic E-state index is -0.00953. The number of hydrogen-bond acceptors (Lipinski definition) is 5. The summed E-state index contributed by atoms with van der Waals surface area (Å²) in [5.74, 6) is 2.22. The second kappa shape index (κ2) is 15.0. The number of H-pyrrole nitrogens is 1. The Morgan fingerprint density at radius 1 is 1.10 bits per heavy atom. The van der Waals surface area contributed by atoms with Crippen molar-refractivity contribution in [2.75, 3.05) is 32.0 Å². The van der Waals surface area contributed by atoms with Crippen molar-refractivity contribution in [1.82, 2.24) is 20.2 Å². The molecular formula is C32H47N5O2. The van der Waals surface area contributed by atoms with Gasteiger partial charge >= 0.3 is 0 Å². The average Bonchev–Trinajstić information content (AvgIpc) is 3.60. The van der Waals surface area contributed by atoms with Gasteiger partial charge in [0, 0.05) is 36.2 Å². The maximum absolute atomic E-state index is 12.5. The smallest absolute Gasteiger partial charge is 0.267 e. The minimum absolute atomic E-state index is 0.00953. The third-order valence-corrected chi connectivity index (χ3v) is 8.48. The predicted molar refractivity (Wildman–Crippen MR) is 160 cm³/mol. The van der Waals surface area contributed by atoms with Gasteiger partial charge in [-0.15, -0.1) is 0 Å². The highest BCUT2D eigenvalue weighted by Gasteiger charge is 2.24. The molecule has 0 radical (unpaired) electrons. The SMILES string of the molecule is C[C@@H](CO)N(CCCCCC1CCC(CCCNC(=O)c2cc3ccccc3[nH]2)C1)CCc1ccc(N)nc1. The van der Waals surface area contributed by atoms with E-state index >= 15 is 0 Å². The number of aliphatic hydroxyl groups excluding tert-OH is 1. The summed E-state index contributed by atoms with van der Waals surface area (Å²) in [5.41, 5.74) is 8.53. The highest BCUT2D eigenvalue weighted by molar-refractivity contribution is 5.97. The molecule has 1 aliphatic rings. The molecule has 1 aliphatic carbocycles. The molecule has 0 saturated heterocycles. The quantitative estimate of drug-likeness (QED) is 0.180. The van der Waals surface area contributed by atoms with Gasteiger partial charge in [0.05, 0.1) is 6.61 Å². The number of aliphatic hydroxyl groups is 1. The van der Waals surface area contributed by atoms with Gasteiger partial charge in [-0.25, -0.2) is 4.98 Å². The number of nitrogens with zero attached hydrogens (tertiary/aromatic N) is 2. The fourth-order valence-electron chi connectivity index (χ4n) is 6.04. The van der Waals surface area contributed by atoms with Crippen LogP contribution in [0.1, 0.15) is 80.8 Å². The first-order valence-corrected chi connectivity index (χ1v) is 14.9. The number of carbonyl (C=O) groups is 1.